The number of nitrogens with zero attached hydrogens (tertiary/aromatic N) is 5. The van der Waals surface area contributed by atoms with Gasteiger partial charge >= 0.3 is 0 Å². The van der Waals surface area contributed by atoms with E-state index in [0.717, 1.165) is 17.0 Å². The summed E-state index contributed by atoms with van der Waals surface area (Å²) in [4.78, 5) is 5.50. The molecular formula is C23H17ClF5N5. The van der Waals surface area contributed by atoms with E-state index in [1.165, 1.54) is 26.2 Å². The van der Waals surface area contributed by atoms with Crippen LogP contribution in [0.2, 0.25) is 5.02 Å². The Morgan fingerprint density at radius 2 is 1.88 bits per heavy atom. The second-order valence-electron chi connectivity index (χ2n) is 8.07. The van der Waals surface area contributed by atoms with E-state index in [1.54, 1.807) is 22.6 Å². The molecule has 11 heteroatoms. The van der Waals surface area contributed by atoms with Gasteiger partial charge in [-0.1, -0.05) is 23.4 Å². The van der Waals surface area contributed by atoms with Gasteiger partial charge in [0.05, 0.1) is 17.5 Å². The zero-order chi connectivity index (χ0) is 24.6. The van der Waals surface area contributed by atoms with E-state index < -0.39 is 30.6 Å². The van der Waals surface area contributed by atoms with Crippen LogP contribution in [0.3, 0.4) is 0 Å². The molecule has 0 N–H and O–H groups in total. The third-order valence-corrected chi connectivity index (χ3v) is 5.28. The first kappa shape index (κ1) is 23.7. The van der Waals surface area contributed by atoms with E-state index >= 15 is 0 Å². The molecule has 0 saturated carbocycles. The van der Waals surface area contributed by atoms with Crippen molar-refractivity contribution in [3.05, 3.63) is 59.1 Å². The van der Waals surface area contributed by atoms with Crippen LogP contribution in [-0.4, -0.2) is 39.0 Å². The Morgan fingerprint density at radius 3 is 2.59 bits per heavy atom. The molecule has 34 heavy (non-hydrogen) atoms. The fourth-order valence-corrected chi connectivity index (χ4v) is 3.44. The Balaban J connectivity index is 1.91. The lowest BCUT2D eigenvalue weighted by atomic mass is 9.95. The van der Waals surface area contributed by atoms with E-state index in [9.17, 15) is 22.0 Å². The van der Waals surface area contributed by atoms with Gasteiger partial charge in [-0.25, -0.2) is 22.0 Å². The van der Waals surface area contributed by atoms with Crippen LogP contribution in [-0.2, 0) is 0 Å². The van der Waals surface area contributed by atoms with Gasteiger partial charge < -0.3 is 4.90 Å². The van der Waals surface area contributed by atoms with Gasteiger partial charge in [-0.15, -0.1) is 10.2 Å². The predicted molar refractivity (Wildman–Crippen MR) is 119 cm³/mol. The largest absolute Gasteiger partial charge is 0.320 e. The van der Waals surface area contributed by atoms with Crippen LogP contribution in [0.1, 0.15) is 19.4 Å². The van der Waals surface area contributed by atoms with E-state index in [4.69, 9.17) is 11.6 Å². The third-order valence-electron chi connectivity index (χ3n) is 5.04. The normalized spacial score (nSPS) is 11.9. The van der Waals surface area contributed by atoms with Crippen molar-refractivity contribution in [1.82, 2.24) is 19.6 Å². The minimum Gasteiger partial charge on any atom is -0.320 e. The van der Waals surface area contributed by atoms with Crippen molar-refractivity contribution in [2.24, 2.45) is 5.41 Å². The number of anilines is 2. The first-order valence-electron chi connectivity index (χ1n) is 10.0. The molecule has 0 amide bonds. The van der Waals surface area contributed by atoms with E-state index in [0.29, 0.717) is 15.9 Å². The summed E-state index contributed by atoms with van der Waals surface area (Å²) < 4.78 is 69.6. The third kappa shape index (κ3) is 4.75. The molecule has 0 fully saturated rings. The first-order chi connectivity index (χ1) is 16.0. The van der Waals surface area contributed by atoms with E-state index in [1.807, 2.05) is 0 Å². The molecule has 0 saturated heterocycles. The summed E-state index contributed by atoms with van der Waals surface area (Å²) in [7, 11) is 0. The van der Waals surface area contributed by atoms with Gasteiger partial charge in [0, 0.05) is 21.7 Å². The zero-order valence-corrected chi connectivity index (χ0v) is 18.7. The summed E-state index contributed by atoms with van der Waals surface area (Å²) in [5.74, 6) is 4.38. The molecule has 2 heterocycles. The van der Waals surface area contributed by atoms with Crippen molar-refractivity contribution in [2.45, 2.75) is 26.7 Å². The molecule has 0 unspecified atom stereocenters. The summed E-state index contributed by atoms with van der Waals surface area (Å²) >= 11 is 6.13. The van der Waals surface area contributed by atoms with Crippen LogP contribution in [0.4, 0.5) is 33.5 Å². The van der Waals surface area contributed by atoms with Crippen molar-refractivity contribution >= 4 is 39.8 Å². The molecule has 0 bridgehead atoms. The van der Waals surface area contributed by atoms with Crippen molar-refractivity contribution in [2.75, 3.05) is 11.4 Å². The van der Waals surface area contributed by atoms with Crippen molar-refractivity contribution in [3.63, 3.8) is 0 Å². The number of hydrogen-bond donors (Lipinski definition) is 0. The molecule has 4 aromatic rings. The Bertz CT molecular complexity index is 1420. The minimum absolute atomic E-state index is 0.0204. The number of hydrogen-bond acceptors (Lipinski definition) is 4. The van der Waals surface area contributed by atoms with E-state index in [-0.39, 0.29) is 22.8 Å². The highest BCUT2D eigenvalue weighted by molar-refractivity contribution is 6.31. The Hall–Kier alpha value is -3.45. The number of fused-ring (bicyclic) bond motifs is 3. The molecule has 0 aliphatic rings. The maximum absolute atomic E-state index is 14.5. The Labute approximate surface area is 196 Å². The topological polar surface area (TPSA) is 46.3 Å². The lowest BCUT2D eigenvalue weighted by Gasteiger charge is -2.25. The second-order valence-corrected chi connectivity index (χ2v) is 8.51. The van der Waals surface area contributed by atoms with Crippen LogP contribution in [0.15, 0.2) is 42.7 Å². The number of rotatable bonds is 5. The average molecular weight is 494 g/mol. The lowest BCUT2D eigenvalue weighted by molar-refractivity contribution is 0.0570. The van der Waals surface area contributed by atoms with Crippen molar-refractivity contribution in [1.29, 1.82) is 0 Å². The molecule has 0 aliphatic carbocycles. The van der Waals surface area contributed by atoms with Gasteiger partial charge in [-0.3, -0.25) is 4.40 Å². The molecule has 0 aliphatic heterocycles. The SMILES string of the molecule is CC(C)(C#Cc1cc(F)cc(N(CC(F)F)c2nc3nncn3c3cc(Cl)ccc23)c1)C(F)F. The highest BCUT2D eigenvalue weighted by Gasteiger charge is 2.27. The monoisotopic (exact) mass is 493 g/mol. The summed E-state index contributed by atoms with van der Waals surface area (Å²) in [5.41, 5.74) is -1.05. The lowest BCUT2D eigenvalue weighted by Crippen LogP contribution is -2.25. The molecule has 176 valence electrons. The van der Waals surface area contributed by atoms with Gasteiger partial charge in [0.15, 0.2) is 0 Å². The molecule has 4 rings (SSSR count). The van der Waals surface area contributed by atoms with Crippen LogP contribution in [0.25, 0.3) is 16.7 Å². The quantitative estimate of drug-likeness (QED) is 0.248. The fourth-order valence-electron chi connectivity index (χ4n) is 3.27. The second kappa shape index (κ2) is 9.06. The molecule has 5 nitrogen and oxygen atoms in total. The molecular weight excluding hydrogens is 477 g/mol. The summed E-state index contributed by atoms with van der Waals surface area (Å²) in [6.45, 7) is 1.68. The molecule has 2 aromatic carbocycles. The number of halogens is 6. The fraction of sp³-hybridized carbons (Fsp3) is 0.261. The molecule has 2 aromatic heterocycles. The van der Waals surface area contributed by atoms with Gasteiger partial charge in [0.2, 0.25) is 0 Å². The van der Waals surface area contributed by atoms with Crippen LogP contribution >= 0.6 is 11.6 Å². The molecule has 0 atom stereocenters. The maximum atomic E-state index is 14.5. The molecule has 0 spiro atoms. The summed E-state index contributed by atoms with van der Waals surface area (Å²) in [5, 5.41) is 8.54. The number of alkyl halides is 4. The smallest absolute Gasteiger partial charge is 0.257 e. The van der Waals surface area contributed by atoms with Crippen molar-refractivity contribution < 1.29 is 22.0 Å². The maximum Gasteiger partial charge on any atom is 0.257 e. The standard InChI is InChI=1S/C23H17ClF5N5/c1-23(2,21(28)29)6-5-13-7-15(25)10-16(8-13)33(11-19(26)27)20-17-4-3-14(24)9-18(17)34-12-30-32-22(34)31-20/h3-4,7-10,12,19,21H,11H2,1-2H3. The minimum atomic E-state index is -2.81. The Kier molecular flexibility index (Phi) is 6.32. The van der Waals surface area contributed by atoms with Gasteiger partial charge in [-0.05, 0) is 50.2 Å². The van der Waals surface area contributed by atoms with Crippen LogP contribution in [0.5, 0.6) is 0 Å². The van der Waals surface area contributed by atoms with Gasteiger partial charge in [-0.2, -0.15) is 4.98 Å². The van der Waals surface area contributed by atoms with E-state index in [2.05, 4.69) is 27.0 Å². The highest BCUT2D eigenvalue weighted by atomic mass is 35.5. The predicted octanol–water partition coefficient (Wildman–Crippen LogP) is 6.12. The Morgan fingerprint density at radius 1 is 1.12 bits per heavy atom. The number of aromatic nitrogens is 4. The zero-order valence-electron chi connectivity index (χ0n) is 17.9. The van der Waals surface area contributed by atoms with Crippen molar-refractivity contribution in [3.8, 4) is 11.8 Å². The van der Waals surface area contributed by atoms with Crippen LogP contribution < -0.4 is 4.90 Å². The summed E-state index contributed by atoms with van der Waals surface area (Å²) in [6.07, 6.45) is -4.13. The summed E-state index contributed by atoms with van der Waals surface area (Å²) in [6, 6.07) is 8.21. The van der Waals surface area contributed by atoms with Gasteiger partial charge in [0.25, 0.3) is 18.6 Å². The van der Waals surface area contributed by atoms with Gasteiger partial charge in [0.1, 0.15) is 18.0 Å². The van der Waals surface area contributed by atoms with Crippen LogP contribution in [0, 0.1) is 23.1 Å². The average Bonchev–Trinajstić information content (AvgIpc) is 3.24. The molecule has 0 radical (unpaired) electrons. The highest BCUT2D eigenvalue weighted by Crippen LogP contribution is 2.34. The number of benzene rings is 2. The first-order valence-corrected chi connectivity index (χ1v) is 10.4.